The van der Waals surface area contributed by atoms with Gasteiger partial charge in [0.05, 0.1) is 11.4 Å². The van der Waals surface area contributed by atoms with Crippen LogP contribution in [0.3, 0.4) is 0 Å². The first-order chi connectivity index (χ1) is 12.4. The number of benzene rings is 1. The van der Waals surface area contributed by atoms with E-state index < -0.39 is 10.0 Å². The van der Waals surface area contributed by atoms with Gasteiger partial charge in [-0.15, -0.1) is 10.2 Å². The van der Waals surface area contributed by atoms with Crippen LogP contribution in [0.4, 0.5) is 5.13 Å². The van der Waals surface area contributed by atoms with Crippen molar-refractivity contribution in [2.24, 2.45) is 0 Å². The second-order valence-corrected chi connectivity index (χ2v) is 9.46. The van der Waals surface area contributed by atoms with E-state index in [4.69, 9.17) is 0 Å². The van der Waals surface area contributed by atoms with Gasteiger partial charge in [0.1, 0.15) is 5.01 Å². The molecule has 26 heavy (non-hydrogen) atoms. The van der Waals surface area contributed by atoms with E-state index in [1.165, 1.54) is 27.8 Å². The molecule has 1 saturated heterocycles. The average Bonchev–Trinajstić information content (AvgIpc) is 3.31. The highest BCUT2D eigenvalue weighted by Crippen LogP contribution is 2.23. The van der Waals surface area contributed by atoms with Crippen LogP contribution in [0.15, 0.2) is 29.2 Å². The highest BCUT2D eigenvalue weighted by Gasteiger charge is 2.27. The molecule has 0 aliphatic carbocycles. The topological polar surface area (TPSA) is 92.3 Å². The lowest BCUT2D eigenvalue weighted by molar-refractivity contribution is 0.101. The minimum absolute atomic E-state index is 0.0416. The van der Waals surface area contributed by atoms with Gasteiger partial charge >= 0.3 is 0 Å². The molecule has 0 saturated carbocycles. The normalized spacial score (nSPS) is 15.5. The quantitative estimate of drug-likeness (QED) is 0.726. The van der Waals surface area contributed by atoms with Crippen molar-refractivity contribution >= 4 is 32.3 Å². The fourth-order valence-corrected chi connectivity index (χ4v) is 5.01. The van der Waals surface area contributed by atoms with Gasteiger partial charge < -0.3 is 5.32 Å². The predicted molar refractivity (Wildman–Crippen MR) is 101 cm³/mol. The molecule has 2 aromatic rings. The molecule has 0 atom stereocenters. The van der Waals surface area contributed by atoms with Crippen molar-refractivity contribution in [3.8, 4) is 0 Å². The molecule has 9 heteroatoms. The van der Waals surface area contributed by atoms with E-state index in [1.807, 2.05) is 13.8 Å². The number of carbonyl (C=O) groups excluding carboxylic acids is 1. The Hall–Kier alpha value is -1.84. The molecule has 0 bridgehead atoms. The number of nitrogens with one attached hydrogen (secondary N) is 1. The van der Waals surface area contributed by atoms with Crippen molar-refractivity contribution in [3.05, 3.63) is 34.8 Å². The van der Waals surface area contributed by atoms with Crippen molar-refractivity contribution in [1.82, 2.24) is 14.5 Å². The molecular weight excluding hydrogens is 372 g/mol. The van der Waals surface area contributed by atoms with Crippen molar-refractivity contribution in [1.29, 1.82) is 0 Å². The highest BCUT2D eigenvalue weighted by atomic mass is 32.2. The molecule has 0 amide bonds. The number of ketones is 1. The third kappa shape index (κ3) is 4.11. The van der Waals surface area contributed by atoms with Gasteiger partial charge in [0, 0.05) is 24.6 Å². The summed E-state index contributed by atoms with van der Waals surface area (Å²) in [7, 11) is -3.53. The van der Waals surface area contributed by atoms with Crippen LogP contribution in [-0.2, 0) is 10.0 Å². The average molecular weight is 395 g/mol. The minimum atomic E-state index is -3.53. The maximum atomic E-state index is 12.6. The Bertz CT molecular complexity index is 887. The zero-order chi connectivity index (χ0) is 18.7. The Balaban J connectivity index is 1.69. The Morgan fingerprint density at radius 2 is 2.00 bits per heavy atom. The monoisotopic (exact) mass is 394 g/mol. The van der Waals surface area contributed by atoms with E-state index in [1.54, 1.807) is 12.1 Å². The van der Waals surface area contributed by atoms with E-state index in [-0.39, 0.29) is 23.1 Å². The predicted octanol–water partition coefficient (Wildman–Crippen LogP) is 2.74. The van der Waals surface area contributed by atoms with Gasteiger partial charge in [-0.1, -0.05) is 37.3 Å². The van der Waals surface area contributed by atoms with Crippen LogP contribution in [0.5, 0.6) is 0 Å². The molecule has 1 aliphatic heterocycles. The Morgan fingerprint density at radius 1 is 1.27 bits per heavy atom. The number of anilines is 1. The molecule has 1 aliphatic rings. The van der Waals surface area contributed by atoms with Crippen molar-refractivity contribution in [2.45, 2.75) is 37.5 Å². The third-order valence-electron chi connectivity index (χ3n) is 4.19. The van der Waals surface area contributed by atoms with Crippen LogP contribution < -0.4 is 5.32 Å². The van der Waals surface area contributed by atoms with Crippen LogP contribution in [0.1, 0.15) is 48.0 Å². The molecule has 3 rings (SSSR count). The zero-order valence-electron chi connectivity index (χ0n) is 14.8. The molecule has 0 spiro atoms. The van der Waals surface area contributed by atoms with Crippen molar-refractivity contribution in [2.75, 3.05) is 25.0 Å². The SMILES string of the molecule is CC(C)c1nnc(NCC(=O)c2cccc(S(=O)(=O)N3CCCC3)c2)s1. The van der Waals surface area contributed by atoms with Crippen LogP contribution in [0, 0.1) is 0 Å². The second-order valence-electron chi connectivity index (χ2n) is 6.52. The number of aromatic nitrogens is 2. The van der Waals surface area contributed by atoms with Crippen LogP contribution >= 0.6 is 11.3 Å². The summed E-state index contributed by atoms with van der Waals surface area (Å²) in [6, 6.07) is 6.24. The first-order valence-corrected chi connectivity index (χ1v) is 10.8. The lowest BCUT2D eigenvalue weighted by Gasteiger charge is -2.15. The highest BCUT2D eigenvalue weighted by molar-refractivity contribution is 7.89. The summed E-state index contributed by atoms with van der Waals surface area (Å²) in [6.07, 6.45) is 1.75. The minimum Gasteiger partial charge on any atom is -0.353 e. The van der Waals surface area contributed by atoms with Gasteiger partial charge in [-0.2, -0.15) is 4.31 Å². The number of rotatable bonds is 7. The van der Waals surface area contributed by atoms with Gasteiger partial charge in [-0.25, -0.2) is 8.42 Å². The molecule has 0 radical (unpaired) electrons. The molecule has 140 valence electrons. The Labute approximate surface area is 157 Å². The molecule has 1 fully saturated rings. The summed E-state index contributed by atoms with van der Waals surface area (Å²) in [6.45, 7) is 5.18. The van der Waals surface area contributed by atoms with Gasteiger partial charge in [0.2, 0.25) is 15.2 Å². The van der Waals surface area contributed by atoms with Crippen molar-refractivity contribution < 1.29 is 13.2 Å². The standard InChI is InChI=1S/C17H22N4O3S2/c1-12(2)16-19-20-17(25-16)18-11-15(22)13-6-5-7-14(10-13)26(23,24)21-8-3-4-9-21/h5-7,10,12H,3-4,8-9,11H2,1-2H3,(H,18,20). The molecule has 1 aromatic carbocycles. The van der Waals surface area contributed by atoms with E-state index in [0.717, 1.165) is 17.8 Å². The second kappa shape index (κ2) is 7.81. The number of Topliss-reactive ketones (excluding diaryl/α,β-unsaturated/α-hetero) is 1. The van der Waals surface area contributed by atoms with Gasteiger partial charge in [0.15, 0.2) is 5.78 Å². The van der Waals surface area contributed by atoms with Crippen LogP contribution in [0.25, 0.3) is 0 Å². The summed E-state index contributed by atoms with van der Waals surface area (Å²) in [5.74, 6) is 0.0935. The first-order valence-electron chi connectivity index (χ1n) is 8.58. The maximum absolute atomic E-state index is 12.6. The number of sulfonamides is 1. The summed E-state index contributed by atoms with van der Waals surface area (Å²) in [4.78, 5) is 12.6. The molecule has 1 N–H and O–H groups in total. The van der Waals surface area contributed by atoms with E-state index in [2.05, 4.69) is 15.5 Å². The van der Waals surface area contributed by atoms with E-state index in [9.17, 15) is 13.2 Å². The van der Waals surface area contributed by atoms with E-state index in [0.29, 0.717) is 23.8 Å². The number of carbonyl (C=O) groups is 1. The molecule has 2 heterocycles. The maximum Gasteiger partial charge on any atom is 0.243 e. The number of hydrogen-bond acceptors (Lipinski definition) is 7. The van der Waals surface area contributed by atoms with Gasteiger partial charge in [-0.05, 0) is 25.0 Å². The molecule has 0 unspecified atom stereocenters. The molecule has 1 aromatic heterocycles. The van der Waals surface area contributed by atoms with Gasteiger partial charge in [-0.3, -0.25) is 4.79 Å². The molecule has 7 nitrogen and oxygen atoms in total. The van der Waals surface area contributed by atoms with Crippen LogP contribution in [-0.4, -0.2) is 48.3 Å². The summed E-state index contributed by atoms with van der Waals surface area (Å²) in [5, 5.41) is 12.5. The lowest BCUT2D eigenvalue weighted by atomic mass is 10.1. The fraction of sp³-hybridized carbons (Fsp3) is 0.471. The zero-order valence-corrected chi connectivity index (χ0v) is 16.4. The van der Waals surface area contributed by atoms with Gasteiger partial charge in [0.25, 0.3) is 0 Å². The third-order valence-corrected chi connectivity index (χ3v) is 7.27. The largest absolute Gasteiger partial charge is 0.353 e. The lowest BCUT2D eigenvalue weighted by Crippen LogP contribution is -2.28. The van der Waals surface area contributed by atoms with Crippen LogP contribution in [0.2, 0.25) is 0 Å². The smallest absolute Gasteiger partial charge is 0.243 e. The summed E-state index contributed by atoms with van der Waals surface area (Å²) in [5.41, 5.74) is 0.367. The number of nitrogens with zero attached hydrogens (tertiary/aromatic N) is 3. The Morgan fingerprint density at radius 3 is 2.65 bits per heavy atom. The first kappa shape index (κ1) is 18.9. The number of hydrogen-bond donors (Lipinski definition) is 1. The summed E-state index contributed by atoms with van der Waals surface area (Å²) < 4.78 is 26.8. The molecular formula is C17H22N4O3S2. The van der Waals surface area contributed by atoms with Crippen molar-refractivity contribution in [3.63, 3.8) is 0 Å². The van der Waals surface area contributed by atoms with E-state index >= 15 is 0 Å². The summed E-state index contributed by atoms with van der Waals surface area (Å²) >= 11 is 1.41. The fourth-order valence-electron chi connectivity index (χ4n) is 2.70. The Kier molecular flexibility index (Phi) is 5.69.